The Kier molecular flexibility index (Phi) is 5.98. The average Bonchev–Trinajstić information content (AvgIpc) is 3.20. The molecule has 9 heteroatoms. The maximum Gasteiger partial charge on any atom is 0.410 e. The second-order valence-electron chi connectivity index (χ2n) is 11.6. The molecule has 3 heterocycles. The fourth-order valence-corrected chi connectivity index (χ4v) is 5.84. The highest BCUT2D eigenvalue weighted by Gasteiger charge is 2.51. The second-order valence-corrected chi connectivity index (χ2v) is 11.6. The quantitative estimate of drug-likeness (QED) is 0.588. The van der Waals surface area contributed by atoms with Crippen molar-refractivity contribution >= 4 is 23.4 Å². The summed E-state index contributed by atoms with van der Waals surface area (Å²) in [6.07, 6.45) is 4.55. The molecule has 2 atom stereocenters. The molecule has 3 aliphatic rings. The van der Waals surface area contributed by atoms with Gasteiger partial charge in [-0.15, -0.1) is 0 Å². The Morgan fingerprint density at radius 2 is 1.68 bits per heavy atom. The summed E-state index contributed by atoms with van der Waals surface area (Å²) in [5.41, 5.74) is 2.26. The molecule has 2 aromatic rings. The fourth-order valence-electron chi connectivity index (χ4n) is 5.84. The largest absolute Gasteiger partial charge is 0.444 e. The minimum atomic E-state index is -0.543. The van der Waals surface area contributed by atoms with Crippen molar-refractivity contribution in [2.45, 2.75) is 77.0 Å². The fraction of sp³-hybridized carbons (Fsp3) is 0.536. The van der Waals surface area contributed by atoms with Crippen molar-refractivity contribution in [3.8, 4) is 12.1 Å². The van der Waals surface area contributed by atoms with Crippen molar-refractivity contribution in [2.75, 3.05) is 29.4 Å². The van der Waals surface area contributed by atoms with Gasteiger partial charge < -0.3 is 19.4 Å². The molecule has 192 valence electrons. The number of nitrogens with zero attached hydrogens (tertiary/aromatic N) is 7. The number of amides is 1. The number of hydrogen-bond donors (Lipinski definition) is 0. The standard InChI is InChI=1S/C28H33N7O2/c1-18-15-34(26(36)37-27(3,4)5)19(2)14-33(18)24-23-25(32-17-31-24)35(16-28(23)7-6-8-28)22-10-20(12-29)9-21(11-22)13-30/h9-11,17-19H,6-8,14-16H2,1-5H3/t18-,19+/m0/s1. The van der Waals surface area contributed by atoms with E-state index < -0.39 is 5.60 Å². The van der Waals surface area contributed by atoms with Gasteiger partial charge in [-0.1, -0.05) is 6.42 Å². The maximum atomic E-state index is 12.9. The number of nitriles is 2. The number of carbonyl (C=O) groups excluding carboxylic acids is 1. The number of aromatic nitrogens is 2. The monoisotopic (exact) mass is 499 g/mol. The smallest absolute Gasteiger partial charge is 0.410 e. The van der Waals surface area contributed by atoms with Crippen molar-refractivity contribution in [1.29, 1.82) is 10.5 Å². The molecule has 9 nitrogen and oxygen atoms in total. The van der Waals surface area contributed by atoms with Crippen molar-refractivity contribution in [2.24, 2.45) is 0 Å². The zero-order valence-corrected chi connectivity index (χ0v) is 22.2. The number of hydrogen-bond acceptors (Lipinski definition) is 8. The van der Waals surface area contributed by atoms with Crippen LogP contribution in [-0.2, 0) is 10.2 Å². The van der Waals surface area contributed by atoms with Gasteiger partial charge in [0.05, 0.1) is 23.3 Å². The molecular formula is C28H33N7O2. The van der Waals surface area contributed by atoms with Gasteiger partial charge in [0.15, 0.2) is 0 Å². The van der Waals surface area contributed by atoms with Crippen molar-refractivity contribution < 1.29 is 9.53 Å². The van der Waals surface area contributed by atoms with Crippen LogP contribution in [-0.4, -0.2) is 58.3 Å². The summed E-state index contributed by atoms with van der Waals surface area (Å²) in [6.45, 7) is 11.7. The third-order valence-electron chi connectivity index (χ3n) is 7.74. The molecule has 0 unspecified atom stereocenters. The topological polar surface area (TPSA) is 109 Å². The molecule has 1 saturated carbocycles. The highest BCUT2D eigenvalue weighted by Crippen LogP contribution is 2.56. The molecule has 5 rings (SSSR count). The number of carbonyl (C=O) groups is 1. The lowest BCUT2D eigenvalue weighted by atomic mass is 9.66. The van der Waals surface area contributed by atoms with E-state index in [0.29, 0.717) is 24.2 Å². The first kappa shape index (κ1) is 24.8. The van der Waals surface area contributed by atoms with Gasteiger partial charge in [-0.05, 0) is 65.7 Å². The number of rotatable bonds is 2. The van der Waals surface area contributed by atoms with Gasteiger partial charge in [-0.3, -0.25) is 0 Å². The summed E-state index contributed by atoms with van der Waals surface area (Å²) >= 11 is 0. The molecule has 0 radical (unpaired) electrons. The molecule has 2 fully saturated rings. The molecule has 1 amide bonds. The first-order chi connectivity index (χ1) is 17.5. The van der Waals surface area contributed by atoms with Crippen molar-refractivity contribution in [1.82, 2.24) is 14.9 Å². The third-order valence-corrected chi connectivity index (χ3v) is 7.74. The first-order valence-electron chi connectivity index (χ1n) is 12.9. The molecule has 2 aliphatic heterocycles. The van der Waals surface area contributed by atoms with Gasteiger partial charge in [0, 0.05) is 48.4 Å². The summed E-state index contributed by atoms with van der Waals surface area (Å²) in [5, 5.41) is 19.0. The van der Waals surface area contributed by atoms with E-state index in [1.165, 1.54) is 0 Å². The van der Waals surface area contributed by atoms with E-state index in [1.807, 2.05) is 44.7 Å². The molecule has 1 aliphatic carbocycles. The minimum absolute atomic E-state index is 0.0426. The van der Waals surface area contributed by atoms with Crippen LogP contribution in [0.25, 0.3) is 0 Å². The van der Waals surface area contributed by atoms with Crippen LogP contribution in [0.4, 0.5) is 22.1 Å². The Labute approximate surface area is 218 Å². The Morgan fingerprint density at radius 1 is 1.03 bits per heavy atom. The molecular weight excluding hydrogens is 466 g/mol. The predicted octanol–water partition coefficient (Wildman–Crippen LogP) is 4.63. The van der Waals surface area contributed by atoms with E-state index in [4.69, 9.17) is 14.7 Å². The summed E-state index contributed by atoms with van der Waals surface area (Å²) in [7, 11) is 0. The van der Waals surface area contributed by atoms with E-state index in [2.05, 4.69) is 28.9 Å². The lowest BCUT2D eigenvalue weighted by molar-refractivity contribution is 0.0129. The predicted molar refractivity (Wildman–Crippen MR) is 140 cm³/mol. The number of fused-ring (bicyclic) bond motifs is 2. The van der Waals surface area contributed by atoms with Crippen molar-refractivity contribution in [3.63, 3.8) is 0 Å². The SMILES string of the molecule is C[C@@H]1CN(c2ncnc3c2C2(CCC2)CN3c2cc(C#N)cc(C#N)c2)[C@@H](C)CN1C(=O)OC(C)(C)C. The molecule has 1 aromatic heterocycles. The van der Waals surface area contributed by atoms with Gasteiger partial charge in [0.1, 0.15) is 23.6 Å². The zero-order valence-electron chi connectivity index (χ0n) is 22.2. The van der Waals surface area contributed by atoms with Crippen LogP contribution in [0.2, 0.25) is 0 Å². The molecule has 0 N–H and O–H groups in total. The number of benzene rings is 1. The Balaban J connectivity index is 1.51. The number of ether oxygens (including phenoxy) is 1. The first-order valence-corrected chi connectivity index (χ1v) is 12.9. The summed E-state index contributed by atoms with van der Waals surface area (Å²) < 4.78 is 5.66. The van der Waals surface area contributed by atoms with Crippen LogP contribution < -0.4 is 9.80 Å². The van der Waals surface area contributed by atoms with Crippen molar-refractivity contribution in [3.05, 3.63) is 41.2 Å². The van der Waals surface area contributed by atoms with Gasteiger partial charge in [-0.2, -0.15) is 10.5 Å². The van der Waals surface area contributed by atoms with Gasteiger partial charge in [0.25, 0.3) is 0 Å². The van der Waals surface area contributed by atoms with Gasteiger partial charge in [-0.25, -0.2) is 14.8 Å². The van der Waals surface area contributed by atoms with E-state index in [-0.39, 0.29) is 23.6 Å². The number of piperazine rings is 1. The summed E-state index contributed by atoms with van der Waals surface area (Å²) in [5.74, 6) is 1.77. The normalized spacial score (nSPS) is 22.2. The lowest BCUT2D eigenvalue weighted by Gasteiger charge is -2.46. The average molecular weight is 500 g/mol. The molecule has 1 spiro atoms. The maximum absolute atomic E-state index is 12.9. The van der Waals surface area contributed by atoms with Crippen LogP contribution in [0, 0.1) is 22.7 Å². The Bertz CT molecular complexity index is 1280. The van der Waals surface area contributed by atoms with Crippen LogP contribution in [0.1, 0.15) is 70.6 Å². The number of anilines is 3. The van der Waals surface area contributed by atoms with E-state index in [1.54, 1.807) is 12.4 Å². The van der Waals surface area contributed by atoms with Crippen LogP contribution in [0.5, 0.6) is 0 Å². The molecule has 37 heavy (non-hydrogen) atoms. The molecule has 1 saturated heterocycles. The van der Waals surface area contributed by atoms with E-state index in [0.717, 1.165) is 48.7 Å². The summed E-state index contributed by atoms with van der Waals surface area (Å²) in [4.78, 5) is 28.7. The Morgan fingerprint density at radius 3 is 2.24 bits per heavy atom. The highest BCUT2D eigenvalue weighted by atomic mass is 16.6. The lowest BCUT2D eigenvalue weighted by Crippen LogP contribution is -2.59. The van der Waals surface area contributed by atoms with Gasteiger partial charge >= 0.3 is 6.09 Å². The van der Waals surface area contributed by atoms with E-state index in [9.17, 15) is 15.3 Å². The zero-order chi connectivity index (χ0) is 26.5. The third kappa shape index (κ3) is 4.33. The highest BCUT2D eigenvalue weighted by molar-refractivity contribution is 5.77. The molecule has 0 bridgehead atoms. The Hall–Kier alpha value is -3.85. The van der Waals surface area contributed by atoms with Gasteiger partial charge in [0.2, 0.25) is 0 Å². The van der Waals surface area contributed by atoms with Crippen LogP contribution >= 0.6 is 0 Å². The second kappa shape index (κ2) is 8.92. The summed E-state index contributed by atoms with van der Waals surface area (Å²) in [6, 6.07) is 9.62. The van der Waals surface area contributed by atoms with E-state index >= 15 is 0 Å². The minimum Gasteiger partial charge on any atom is -0.444 e. The van der Waals surface area contributed by atoms with Crippen LogP contribution in [0.3, 0.4) is 0 Å². The molecule has 1 aromatic carbocycles. The van der Waals surface area contributed by atoms with Crippen LogP contribution in [0.15, 0.2) is 24.5 Å².